The van der Waals surface area contributed by atoms with Gasteiger partial charge in [-0.25, -0.2) is 12.8 Å². The summed E-state index contributed by atoms with van der Waals surface area (Å²) < 4.78 is 43.0. The van der Waals surface area contributed by atoms with Gasteiger partial charge in [-0.15, -0.1) is 0 Å². The van der Waals surface area contributed by atoms with Crippen LogP contribution in [0.4, 0.5) is 10.1 Å². The molecule has 0 bridgehead atoms. The maximum atomic E-state index is 14.4. The zero-order valence-corrected chi connectivity index (χ0v) is 27.5. The van der Waals surface area contributed by atoms with E-state index in [4.69, 9.17) is 34.8 Å². The first kappa shape index (κ1) is 34.2. The van der Waals surface area contributed by atoms with Crippen molar-refractivity contribution in [3.63, 3.8) is 0 Å². The van der Waals surface area contributed by atoms with E-state index in [2.05, 4.69) is 5.32 Å². The van der Waals surface area contributed by atoms with Gasteiger partial charge in [0.15, 0.2) is 0 Å². The Hall–Kier alpha value is -3.63. The Kier molecular flexibility index (Phi) is 11.5. The van der Waals surface area contributed by atoms with Crippen molar-refractivity contribution < 1.29 is 22.4 Å². The number of hydrogen-bond acceptors (Lipinski definition) is 4. The van der Waals surface area contributed by atoms with Crippen LogP contribution in [0.15, 0.2) is 102 Å². The Morgan fingerprint density at radius 3 is 2.04 bits per heavy atom. The van der Waals surface area contributed by atoms with Gasteiger partial charge in [0, 0.05) is 19.0 Å². The number of carbonyl (C=O) groups excluding carboxylic acids is 2. The molecule has 4 aromatic rings. The molecular weight excluding hydrogens is 660 g/mol. The lowest BCUT2D eigenvalue weighted by Crippen LogP contribution is -2.54. The highest BCUT2D eigenvalue weighted by Crippen LogP contribution is 2.29. The maximum Gasteiger partial charge on any atom is 0.264 e. The fraction of sp³-hybridized carbons (Fsp3) is 0.212. The number of hydrogen-bond donors (Lipinski definition) is 1. The van der Waals surface area contributed by atoms with Gasteiger partial charge in [0.2, 0.25) is 11.8 Å². The number of anilines is 1. The SMILES string of the molecule is CC(C)NC(=O)[C@@H](Cc1ccccc1)N(Cc1ccc(Cl)c(Cl)c1)C(=O)CN(c1ccc(F)c(Cl)c1)S(=O)(=O)c1ccccc1. The largest absolute Gasteiger partial charge is 0.352 e. The standard InChI is InChI=1S/C33H31Cl3FN3O4S/c1-22(2)38-33(42)31(18-23-9-5-3-6-10-23)39(20-24-13-15-27(34)28(35)17-24)32(41)21-40(25-14-16-30(37)29(36)19-25)45(43,44)26-11-7-4-8-12-26/h3-17,19,22,31H,18,20-21H2,1-2H3,(H,38,42)/t31-/m1/s1. The average Bonchev–Trinajstić information content (AvgIpc) is 3.01. The van der Waals surface area contributed by atoms with Gasteiger partial charge < -0.3 is 10.2 Å². The predicted molar refractivity (Wildman–Crippen MR) is 177 cm³/mol. The van der Waals surface area contributed by atoms with Crippen LogP contribution >= 0.6 is 34.8 Å². The molecule has 0 aromatic heterocycles. The normalized spacial score (nSPS) is 12.1. The van der Waals surface area contributed by atoms with Crippen LogP contribution in [0.25, 0.3) is 0 Å². The summed E-state index contributed by atoms with van der Waals surface area (Å²) in [5, 5.41) is 3.13. The molecule has 12 heteroatoms. The molecule has 0 aliphatic rings. The molecule has 0 saturated carbocycles. The van der Waals surface area contributed by atoms with Gasteiger partial charge in [-0.05, 0) is 67.4 Å². The van der Waals surface area contributed by atoms with Crippen LogP contribution in [0.1, 0.15) is 25.0 Å². The molecular formula is C33H31Cl3FN3O4S. The summed E-state index contributed by atoms with van der Waals surface area (Å²) in [5.41, 5.74) is 1.32. The van der Waals surface area contributed by atoms with Gasteiger partial charge >= 0.3 is 0 Å². The number of nitrogens with one attached hydrogen (secondary N) is 1. The van der Waals surface area contributed by atoms with Crippen LogP contribution in [0.2, 0.25) is 15.1 Å². The Labute approximate surface area is 277 Å². The Morgan fingerprint density at radius 1 is 0.800 bits per heavy atom. The van der Waals surface area contributed by atoms with Crippen molar-refractivity contribution in [2.24, 2.45) is 0 Å². The van der Waals surface area contributed by atoms with Crippen LogP contribution < -0.4 is 9.62 Å². The highest BCUT2D eigenvalue weighted by atomic mass is 35.5. The molecule has 4 rings (SSSR count). The first-order chi connectivity index (χ1) is 21.4. The van der Waals surface area contributed by atoms with E-state index in [1.165, 1.54) is 23.1 Å². The summed E-state index contributed by atoms with van der Waals surface area (Å²) in [6.45, 7) is 2.78. The summed E-state index contributed by atoms with van der Waals surface area (Å²) in [7, 11) is -4.36. The number of rotatable bonds is 12. The quantitative estimate of drug-likeness (QED) is 0.171. The highest BCUT2D eigenvalue weighted by molar-refractivity contribution is 7.92. The van der Waals surface area contributed by atoms with E-state index in [-0.39, 0.29) is 39.6 Å². The predicted octanol–water partition coefficient (Wildman–Crippen LogP) is 7.15. The van der Waals surface area contributed by atoms with Crippen LogP contribution in [0.3, 0.4) is 0 Å². The molecule has 236 valence electrons. The van der Waals surface area contributed by atoms with Gasteiger partial charge in [-0.1, -0.05) is 89.4 Å². The van der Waals surface area contributed by atoms with Gasteiger partial charge in [0.25, 0.3) is 10.0 Å². The summed E-state index contributed by atoms with van der Waals surface area (Å²) in [6, 6.07) is 23.6. The molecule has 1 N–H and O–H groups in total. The molecule has 0 fully saturated rings. The van der Waals surface area contributed by atoms with Gasteiger partial charge in [-0.3, -0.25) is 13.9 Å². The zero-order valence-electron chi connectivity index (χ0n) is 24.5. The third kappa shape index (κ3) is 8.76. The molecule has 0 unspecified atom stereocenters. The lowest BCUT2D eigenvalue weighted by atomic mass is 10.0. The minimum atomic E-state index is -4.36. The average molecular weight is 691 g/mol. The first-order valence-electron chi connectivity index (χ1n) is 14.0. The fourth-order valence-electron chi connectivity index (χ4n) is 4.66. The third-order valence-corrected chi connectivity index (χ3v) is 9.66. The number of nitrogens with zero attached hydrogens (tertiary/aromatic N) is 2. The van der Waals surface area contributed by atoms with Crippen molar-refractivity contribution in [3.05, 3.63) is 129 Å². The second-order valence-corrected chi connectivity index (χ2v) is 13.6. The van der Waals surface area contributed by atoms with E-state index >= 15 is 0 Å². The van der Waals surface area contributed by atoms with Crippen LogP contribution in [0.5, 0.6) is 0 Å². The fourth-order valence-corrected chi connectivity index (χ4v) is 6.58. The second-order valence-electron chi connectivity index (χ2n) is 10.6. The molecule has 1 atom stereocenters. The lowest BCUT2D eigenvalue weighted by molar-refractivity contribution is -0.140. The van der Waals surface area contributed by atoms with Crippen molar-refractivity contribution >= 4 is 62.3 Å². The maximum absolute atomic E-state index is 14.4. The summed E-state index contributed by atoms with van der Waals surface area (Å²) in [6.07, 6.45) is 0.139. The van der Waals surface area contributed by atoms with E-state index in [0.29, 0.717) is 10.6 Å². The number of sulfonamides is 1. The van der Waals surface area contributed by atoms with Crippen LogP contribution in [-0.4, -0.2) is 43.8 Å². The number of benzene rings is 4. The summed E-state index contributed by atoms with van der Waals surface area (Å²) in [4.78, 5) is 29.4. The number of halogens is 4. The van der Waals surface area contributed by atoms with Crippen molar-refractivity contribution in [1.82, 2.24) is 10.2 Å². The van der Waals surface area contributed by atoms with E-state index < -0.39 is 40.2 Å². The van der Waals surface area contributed by atoms with Crippen LogP contribution in [0, 0.1) is 5.82 Å². The zero-order chi connectivity index (χ0) is 32.7. The van der Waals surface area contributed by atoms with E-state index in [9.17, 15) is 22.4 Å². The monoisotopic (exact) mass is 689 g/mol. The van der Waals surface area contributed by atoms with Crippen molar-refractivity contribution in [2.45, 2.75) is 43.8 Å². The second kappa shape index (κ2) is 15.1. The van der Waals surface area contributed by atoms with Crippen LogP contribution in [-0.2, 0) is 32.6 Å². The molecule has 0 aliphatic carbocycles. The molecule has 45 heavy (non-hydrogen) atoms. The Morgan fingerprint density at radius 2 is 1.44 bits per heavy atom. The Bertz CT molecular complexity index is 1760. The highest BCUT2D eigenvalue weighted by Gasteiger charge is 2.35. The van der Waals surface area contributed by atoms with E-state index in [1.54, 1.807) is 50.2 Å². The molecule has 4 aromatic carbocycles. The summed E-state index contributed by atoms with van der Waals surface area (Å²) in [5.74, 6) is -1.87. The van der Waals surface area contributed by atoms with Gasteiger partial charge in [0.05, 0.1) is 25.7 Å². The lowest BCUT2D eigenvalue weighted by Gasteiger charge is -2.34. The minimum Gasteiger partial charge on any atom is -0.352 e. The third-order valence-electron chi connectivity index (χ3n) is 6.84. The molecule has 2 amide bonds. The van der Waals surface area contributed by atoms with E-state index in [1.807, 2.05) is 30.3 Å². The molecule has 7 nitrogen and oxygen atoms in total. The van der Waals surface area contributed by atoms with Gasteiger partial charge in [-0.2, -0.15) is 0 Å². The van der Waals surface area contributed by atoms with E-state index in [0.717, 1.165) is 22.0 Å². The van der Waals surface area contributed by atoms with Crippen molar-refractivity contribution in [1.29, 1.82) is 0 Å². The molecule has 0 aliphatic heterocycles. The molecule has 0 radical (unpaired) electrons. The van der Waals surface area contributed by atoms with Crippen molar-refractivity contribution in [2.75, 3.05) is 10.8 Å². The number of carbonyl (C=O) groups is 2. The first-order valence-corrected chi connectivity index (χ1v) is 16.5. The number of amides is 2. The Balaban J connectivity index is 1.83. The summed E-state index contributed by atoms with van der Waals surface area (Å²) >= 11 is 18.5. The topological polar surface area (TPSA) is 86.8 Å². The minimum absolute atomic E-state index is 0.0284. The van der Waals surface area contributed by atoms with Gasteiger partial charge in [0.1, 0.15) is 18.4 Å². The van der Waals surface area contributed by atoms with Crippen molar-refractivity contribution in [3.8, 4) is 0 Å². The molecule has 0 heterocycles. The molecule has 0 saturated heterocycles. The smallest absolute Gasteiger partial charge is 0.264 e. The molecule has 0 spiro atoms.